The topological polar surface area (TPSA) is 59.4 Å². The van der Waals surface area contributed by atoms with E-state index in [0.717, 1.165) is 5.56 Å². The number of aryl methyl sites for hydroxylation is 1. The first-order chi connectivity index (χ1) is 5.66. The van der Waals surface area contributed by atoms with Gasteiger partial charge in [-0.3, -0.25) is 4.98 Å². The Balaban J connectivity index is 3.27. The minimum atomic E-state index is -2.04. The van der Waals surface area contributed by atoms with E-state index in [9.17, 15) is 4.21 Å². The van der Waals surface area contributed by atoms with Gasteiger partial charge in [0.1, 0.15) is 10.6 Å². The SMILES string of the molecule is COc1c(C)cncc1S(=O)O. The second-order valence-corrected chi connectivity index (χ2v) is 3.18. The summed E-state index contributed by atoms with van der Waals surface area (Å²) in [5.41, 5.74) is 0.748. The van der Waals surface area contributed by atoms with Crippen LogP contribution >= 0.6 is 0 Å². The predicted octanol–water partition coefficient (Wildman–Crippen LogP) is 0.979. The van der Waals surface area contributed by atoms with Crippen molar-refractivity contribution in [3.8, 4) is 5.75 Å². The predicted molar refractivity (Wildman–Crippen MR) is 44.6 cm³/mol. The van der Waals surface area contributed by atoms with E-state index in [1.807, 2.05) is 0 Å². The number of nitrogens with zero attached hydrogens (tertiary/aromatic N) is 1. The Morgan fingerprint density at radius 2 is 2.25 bits per heavy atom. The van der Waals surface area contributed by atoms with Gasteiger partial charge in [-0.2, -0.15) is 0 Å². The van der Waals surface area contributed by atoms with Gasteiger partial charge in [0.25, 0.3) is 0 Å². The molecular formula is C7H9NO3S. The van der Waals surface area contributed by atoms with Crippen LogP contribution in [0.25, 0.3) is 0 Å². The summed E-state index contributed by atoms with van der Waals surface area (Å²) in [7, 11) is 1.46. The largest absolute Gasteiger partial charge is 0.495 e. The molecule has 1 heterocycles. The van der Waals surface area contributed by atoms with Gasteiger partial charge in [-0.15, -0.1) is 0 Å². The number of ether oxygens (including phenoxy) is 1. The number of methoxy groups -OCH3 is 1. The lowest BCUT2D eigenvalue weighted by molar-refractivity contribution is 0.397. The molecule has 0 aromatic carbocycles. The van der Waals surface area contributed by atoms with Crippen molar-refractivity contribution in [3.63, 3.8) is 0 Å². The third kappa shape index (κ3) is 1.62. The van der Waals surface area contributed by atoms with Crippen LogP contribution in [0.5, 0.6) is 5.75 Å². The van der Waals surface area contributed by atoms with E-state index in [2.05, 4.69) is 4.98 Å². The zero-order valence-corrected chi connectivity index (χ0v) is 7.59. The lowest BCUT2D eigenvalue weighted by Gasteiger charge is -2.06. The highest BCUT2D eigenvalue weighted by Crippen LogP contribution is 2.23. The first kappa shape index (κ1) is 9.15. The number of rotatable bonds is 2. The minimum Gasteiger partial charge on any atom is -0.495 e. The van der Waals surface area contributed by atoms with Crippen LogP contribution in [0.1, 0.15) is 5.56 Å². The molecule has 0 saturated heterocycles. The second kappa shape index (κ2) is 3.64. The Hall–Kier alpha value is -0.940. The Bertz CT molecular complexity index is 314. The van der Waals surface area contributed by atoms with E-state index >= 15 is 0 Å². The quantitative estimate of drug-likeness (QED) is 0.701. The van der Waals surface area contributed by atoms with Crippen molar-refractivity contribution in [2.75, 3.05) is 7.11 Å². The van der Waals surface area contributed by atoms with E-state index in [1.165, 1.54) is 13.3 Å². The maximum Gasteiger partial charge on any atom is 0.191 e. The summed E-state index contributed by atoms with van der Waals surface area (Å²) in [6.45, 7) is 1.77. The highest BCUT2D eigenvalue weighted by molar-refractivity contribution is 7.79. The van der Waals surface area contributed by atoms with Gasteiger partial charge in [0.05, 0.1) is 7.11 Å². The normalized spacial score (nSPS) is 12.6. The van der Waals surface area contributed by atoms with E-state index < -0.39 is 11.1 Å². The van der Waals surface area contributed by atoms with E-state index in [1.54, 1.807) is 13.1 Å². The van der Waals surface area contributed by atoms with Crippen molar-refractivity contribution in [1.82, 2.24) is 4.98 Å². The summed E-state index contributed by atoms with van der Waals surface area (Å²) in [5, 5.41) is 0. The Kier molecular flexibility index (Phi) is 2.78. The van der Waals surface area contributed by atoms with Crippen molar-refractivity contribution in [2.24, 2.45) is 0 Å². The van der Waals surface area contributed by atoms with Gasteiger partial charge in [-0.25, -0.2) is 4.21 Å². The molecule has 1 aromatic rings. The van der Waals surface area contributed by atoms with Gasteiger partial charge in [0.2, 0.25) is 0 Å². The lowest BCUT2D eigenvalue weighted by atomic mass is 10.3. The van der Waals surface area contributed by atoms with Crippen molar-refractivity contribution in [1.29, 1.82) is 0 Å². The average molecular weight is 187 g/mol. The molecule has 66 valence electrons. The Morgan fingerprint density at radius 1 is 1.58 bits per heavy atom. The Labute approximate surface area is 72.9 Å². The van der Waals surface area contributed by atoms with E-state index in [-0.39, 0.29) is 4.90 Å². The van der Waals surface area contributed by atoms with Crippen molar-refractivity contribution in [3.05, 3.63) is 18.0 Å². The highest BCUT2D eigenvalue weighted by atomic mass is 32.2. The van der Waals surface area contributed by atoms with E-state index in [0.29, 0.717) is 5.75 Å². The molecule has 1 atom stereocenters. The van der Waals surface area contributed by atoms with Gasteiger partial charge in [-0.05, 0) is 6.92 Å². The molecule has 1 rings (SSSR count). The molecule has 0 aliphatic carbocycles. The van der Waals surface area contributed by atoms with Gasteiger partial charge < -0.3 is 9.29 Å². The van der Waals surface area contributed by atoms with Crippen LogP contribution in [-0.2, 0) is 11.1 Å². The highest BCUT2D eigenvalue weighted by Gasteiger charge is 2.10. The van der Waals surface area contributed by atoms with Crippen LogP contribution in [-0.4, -0.2) is 20.9 Å². The van der Waals surface area contributed by atoms with Gasteiger partial charge in [-0.1, -0.05) is 0 Å². The molecule has 12 heavy (non-hydrogen) atoms. The molecule has 0 radical (unpaired) electrons. The summed E-state index contributed by atoms with van der Waals surface area (Å²) in [5.74, 6) is 0.422. The number of pyridine rings is 1. The number of hydrogen-bond acceptors (Lipinski definition) is 3. The van der Waals surface area contributed by atoms with Crippen molar-refractivity contribution >= 4 is 11.1 Å². The molecule has 0 fully saturated rings. The van der Waals surface area contributed by atoms with Crippen LogP contribution in [0.15, 0.2) is 17.3 Å². The van der Waals surface area contributed by atoms with Crippen LogP contribution in [0.2, 0.25) is 0 Å². The standard InChI is InChI=1S/C7H9NO3S/c1-5-3-8-4-6(12(9)10)7(5)11-2/h3-4H,1-2H3,(H,9,10). The van der Waals surface area contributed by atoms with Gasteiger partial charge in [0, 0.05) is 18.0 Å². The summed E-state index contributed by atoms with van der Waals surface area (Å²) in [6.07, 6.45) is 2.90. The molecular weight excluding hydrogens is 178 g/mol. The fourth-order valence-corrected chi connectivity index (χ4v) is 1.47. The molecule has 1 aromatic heterocycles. The molecule has 0 bridgehead atoms. The smallest absolute Gasteiger partial charge is 0.191 e. The number of hydrogen-bond donors (Lipinski definition) is 1. The van der Waals surface area contributed by atoms with Gasteiger partial charge in [0.15, 0.2) is 11.1 Å². The molecule has 5 heteroatoms. The van der Waals surface area contributed by atoms with Gasteiger partial charge >= 0.3 is 0 Å². The number of aromatic nitrogens is 1. The fourth-order valence-electron chi connectivity index (χ4n) is 0.914. The molecule has 1 unspecified atom stereocenters. The Morgan fingerprint density at radius 3 is 2.67 bits per heavy atom. The zero-order chi connectivity index (χ0) is 9.14. The first-order valence-corrected chi connectivity index (χ1v) is 4.37. The summed E-state index contributed by atoms with van der Waals surface area (Å²) >= 11 is -2.04. The molecule has 1 N–H and O–H groups in total. The summed E-state index contributed by atoms with van der Waals surface area (Å²) in [6, 6.07) is 0. The minimum absolute atomic E-state index is 0.206. The van der Waals surface area contributed by atoms with Crippen LogP contribution in [0.3, 0.4) is 0 Å². The molecule has 0 saturated carbocycles. The monoisotopic (exact) mass is 187 g/mol. The van der Waals surface area contributed by atoms with Crippen LogP contribution in [0, 0.1) is 6.92 Å². The van der Waals surface area contributed by atoms with Crippen molar-refractivity contribution in [2.45, 2.75) is 11.8 Å². The molecule has 0 aliphatic rings. The average Bonchev–Trinajstić information content (AvgIpc) is 2.03. The summed E-state index contributed by atoms with van der Waals surface area (Å²) in [4.78, 5) is 3.99. The fraction of sp³-hybridized carbons (Fsp3) is 0.286. The maximum absolute atomic E-state index is 10.7. The van der Waals surface area contributed by atoms with Crippen LogP contribution in [0.4, 0.5) is 0 Å². The van der Waals surface area contributed by atoms with E-state index in [4.69, 9.17) is 9.29 Å². The third-order valence-corrected chi connectivity index (χ3v) is 2.10. The first-order valence-electron chi connectivity index (χ1n) is 3.26. The summed E-state index contributed by atoms with van der Waals surface area (Å²) < 4.78 is 24.5. The molecule has 0 spiro atoms. The maximum atomic E-state index is 10.7. The second-order valence-electron chi connectivity index (χ2n) is 2.24. The molecule has 0 amide bonds. The van der Waals surface area contributed by atoms with Crippen LogP contribution < -0.4 is 4.74 Å². The zero-order valence-electron chi connectivity index (χ0n) is 6.77. The van der Waals surface area contributed by atoms with Crippen molar-refractivity contribution < 1.29 is 13.5 Å². The third-order valence-electron chi connectivity index (χ3n) is 1.43. The lowest BCUT2D eigenvalue weighted by Crippen LogP contribution is -1.97. The molecule has 4 nitrogen and oxygen atoms in total. The molecule has 0 aliphatic heterocycles.